The molecule has 2 rings (SSSR count). The first-order chi connectivity index (χ1) is 10.2. The normalized spacial score (nSPS) is 10.8. The summed E-state index contributed by atoms with van der Waals surface area (Å²) in [7, 11) is 0. The van der Waals surface area contributed by atoms with Crippen molar-refractivity contribution in [2.75, 3.05) is 6.54 Å². The Balaban J connectivity index is 1.92. The molecule has 0 atom stereocenters. The van der Waals surface area contributed by atoms with Crippen LogP contribution in [0.1, 0.15) is 41.4 Å². The maximum Gasteiger partial charge on any atom is 0.140 e. The van der Waals surface area contributed by atoms with Crippen molar-refractivity contribution in [3.63, 3.8) is 0 Å². The van der Waals surface area contributed by atoms with E-state index in [9.17, 15) is 0 Å². The van der Waals surface area contributed by atoms with Gasteiger partial charge in [0.15, 0.2) is 0 Å². The minimum Gasteiger partial charge on any atom is -0.486 e. The quantitative estimate of drug-likeness (QED) is 0.746. The van der Waals surface area contributed by atoms with Gasteiger partial charge in [-0.05, 0) is 44.0 Å². The number of aromatic nitrogens is 1. The second-order valence-corrected chi connectivity index (χ2v) is 6.25. The van der Waals surface area contributed by atoms with Gasteiger partial charge in [-0.2, -0.15) is 0 Å². The van der Waals surface area contributed by atoms with Gasteiger partial charge in [-0.3, -0.25) is 0 Å². The predicted octanol–water partition coefficient (Wildman–Crippen LogP) is 4.09. The summed E-state index contributed by atoms with van der Waals surface area (Å²) in [5, 5.41) is 4.47. The molecule has 0 saturated carbocycles. The van der Waals surface area contributed by atoms with E-state index < -0.39 is 0 Å². The molecule has 1 aromatic carbocycles. The van der Waals surface area contributed by atoms with E-state index in [2.05, 4.69) is 43.2 Å². The van der Waals surface area contributed by atoms with Crippen molar-refractivity contribution in [3.05, 3.63) is 45.4 Å². The Labute approximate surface area is 131 Å². The van der Waals surface area contributed by atoms with E-state index in [1.807, 2.05) is 12.1 Å². The Morgan fingerprint density at radius 3 is 2.90 bits per heavy atom. The molecule has 0 radical (unpaired) electrons. The number of nitrogens with one attached hydrogen (secondary N) is 1. The molecule has 0 aliphatic carbocycles. The zero-order valence-electron chi connectivity index (χ0n) is 13.1. The van der Waals surface area contributed by atoms with Crippen LogP contribution < -0.4 is 10.1 Å². The Morgan fingerprint density at radius 1 is 1.29 bits per heavy atom. The minimum absolute atomic E-state index is 0.548. The van der Waals surface area contributed by atoms with Gasteiger partial charge in [-0.15, -0.1) is 11.3 Å². The fraction of sp³-hybridized carbons (Fsp3) is 0.471. The van der Waals surface area contributed by atoms with Crippen molar-refractivity contribution in [1.29, 1.82) is 0 Å². The molecule has 21 heavy (non-hydrogen) atoms. The zero-order valence-corrected chi connectivity index (χ0v) is 13.9. The van der Waals surface area contributed by atoms with Gasteiger partial charge in [-0.1, -0.05) is 26.0 Å². The lowest BCUT2D eigenvalue weighted by Crippen LogP contribution is -2.13. The van der Waals surface area contributed by atoms with Crippen molar-refractivity contribution in [3.8, 4) is 5.75 Å². The van der Waals surface area contributed by atoms with Crippen molar-refractivity contribution in [1.82, 2.24) is 10.3 Å². The molecule has 114 valence electrons. The van der Waals surface area contributed by atoms with Crippen LogP contribution in [-0.2, 0) is 19.6 Å². The first-order valence-corrected chi connectivity index (χ1v) is 8.42. The van der Waals surface area contributed by atoms with Crippen LogP contribution in [0, 0.1) is 6.92 Å². The molecule has 2 aromatic rings. The van der Waals surface area contributed by atoms with E-state index in [1.54, 1.807) is 11.3 Å². The molecule has 0 aliphatic rings. The summed E-state index contributed by atoms with van der Waals surface area (Å²) >= 11 is 1.74. The highest BCUT2D eigenvalue weighted by Gasteiger charge is 2.08. The highest BCUT2D eigenvalue weighted by molar-refractivity contribution is 7.11. The first kappa shape index (κ1) is 16.0. The van der Waals surface area contributed by atoms with Gasteiger partial charge in [-0.25, -0.2) is 4.98 Å². The Kier molecular flexibility index (Phi) is 6.21. The van der Waals surface area contributed by atoms with Crippen molar-refractivity contribution >= 4 is 11.3 Å². The maximum absolute atomic E-state index is 5.86. The van der Waals surface area contributed by atoms with Crippen molar-refractivity contribution in [2.24, 2.45) is 0 Å². The third-order valence-electron chi connectivity index (χ3n) is 3.32. The molecule has 0 saturated heterocycles. The number of benzene rings is 1. The summed E-state index contributed by atoms with van der Waals surface area (Å²) in [6.45, 7) is 8.90. The average Bonchev–Trinajstić information content (AvgIpc) is 2.86. The number of nitrogens with zero attached hydrogens (tertiary/aromatic N) is 1. The lowest BCUT2D eigenvalue weighted by atomic mass is 10.2. The maximum atomic E-state index is 5.86. The molecule has 0 aliphatic heterocycles. The predicted molar refractivity (Wildman–Crippen MR) is 89.0 cm³/mol. The Hall–Kier alpha value is -1.39. The van der Waals surface area contributed by atoms with Gasteiger partial charge >= 0.3 is 0 Å². The smallest absolute Gasteiger partial charge is 0.140 e. The number of hydrogen-bond donors (Lipinski definition) is 1. The molecule has 0 amide bonds. The fourth-order valence-corrected chi connectivity index (χ4v) is 3.05. The van der Waals surface area contributed by atoms with Gasteiger partial charge in [0.25, 0.3) is 0 Å². The monoisotopic (exact) mass is 304 g/mol. The Bertz CT molecular complexity index is 566. The summed E-state index contributed by atoms with van der Waals surface area (Å²) < 4.78 is 5.86. The molecule has 0 fully saturated rings. The fourth-order valence-electron chi connectivity index (χ4n) is 2.09. The van der Waals surface area contributed by atoms with E-state index >= 15 is 0 Å². The van der Waals surface area contributed by atoms with Crippen molar-refractivity contribution < 1.29 is 4.74 Å². The van der Waals surface area contributed by atoms with Crippen LogP contribution in [0.25, 0.3) is 0 Å². The molecule has 1 heterocycles. The number of rotatable bonds is 8. The van der Waals surface area contributed by atoms with Crippen LogP contribution in [0.4, 0.5) is 0 Å². The van der Waals surface area contributed by atoms with Gasteiger partial charge in [0.1, 0.15) is 17.4 Å². The molecule has 3 nitrogen and oxygen atoms in total. The van der Waals surface area contributed by atoms with Crippen LogP contribution in [0.2, 0.25) is 0 Å². The lowest BCUT2D eigenvalue weighted by Gasteiger charge is -2.05. The zero-order chi connectivity index (χ0) is 15.1. The summed E-state index contributed by atoms with van der Waals surface area (Å²) in [5.74, 6) is 0.924. The largest absolute Gasteiger partial charge is 0.486 e. The molecule has 0 spiro atoms. The summed E-state index contributed by atoms with van der Waals surface area (Å²) in [4.78, 5) is 5.91. The van der Waals surface area contributed by atoms with E-state index in [1.165, 1.54) is 10.4 Å². The Morgan fingerprint density at radius 2 is 2.14 bits per heavy atom. The number of thiazole rings is 1. The second kappa shape index (κ2) is 8.15. The van der Waals surface area contributed by atoms with Gasteiger partial charge in [0, 0.05) is 11.4 Å². The summed E-state index contributed by atoms with van der Waals surface area (Å²) in [5.41, 5.74) is 2.41. The SMILES string of the molecule is CCCNCc1sc(COc2cccc(CC)c2)nc1C. The van der Waals surface area contributed by atoms with Crippen LogP contribution in [0.5, 0.6) is 5.75 Å². The average molecular weight is 304 g/mol. The van der Waals surface area contributed by atoms with E-state index in [0.717, 1.165) is 42.4 Å². The summed E-state index contributed by atoms with van der Waals surface area (Å²) in [6.07, 6.45) is 2.18. The van der Waals surface area contributed by atoms with E-state index in [0.29, 0.717) is 6.61 Å². The molecular formula is C17H24N2OS. The van der Waals surface area contributed by atoms with Gasteiger partial charge < -0.3 is 10.1 Å². The number of aryl methyl sites for hydroxylation is 2. The van der Waals surface area contributed by atoms with Gasteiger partial charge in [0.05, 0.1) is 5.69 Å². The van der Waals surface area contributed by atoms with Crippen LogP contribution in [0.3, 0.4) is 0 Å². The van der Waals surface area contributed by atoms with Crippen LogP contribution in [-0.4, -0.2) is 11.5 Å². The topological polar surface area (TPSA) is 34.1 Å². The molecular weight excluding hydrogens is 280 g/mol. The van der Waals surface area contributed by atoms with Crippen molar-refractivity contribution in [2.45, 2.75) is 46.8 Å². The van der Waals surface area contributed by atoms with Crippen LogP contribution >= 0.6 is 11.3 Å². The third-order valence-corrected chi connectivity index (χ3v) is 4.45. The second-order valence-electron chi connectivity index (χ2n) is 5.08. The highest BCUT2D eigenvalue weighted by Crippen LogP contribution is 2.21. The lowest BCUT2D eigenvalue weighted by molar-refractivity contribution is 0.305. The minimum atomic E-state index is 0.548. The van der Waals surface area contributed by atoms with E-state index in [-0.39, 0.29) is 0 Å². The highest BCUT2D eigenvalue weighted by atomic mass is 32.1. The van der Waals surface area contributed by atoms with Crippen LogP contribution in [0.15, 0.2) is 24.3 Å². The molecule has 1 aromatic heterocycles. The number of ether oxygens (including phenoxy) is 1. The third kappa shape index (κ3) is 4.83. The van der Waals surface area contributed by atoms with E-state index in [4.69, 9.17) is 4.74 Å². The molecule has 0 bridgehead atoms. The molecule has 1 N–H and O–H groups in total. The molecule has 4 heteroatoms. The summed E-state index contributed by atoms with van der Waals surface area (Å²) in [6, 6.07) is 8.27. The standard InChI is InChI=1S/C17H24N2OS/c1-4-9-18-11-16-13(3)19-17(21-16)12-20-15-8-6-7-14(5-2)10-15/h6-8,10,18H,4-5,9,11-12H2,1-3H3. The van der Waals surface area contributed by atoms with Gasteiger partial charge in [0.2, 0.25) is 0 Å². The first-order valence-electron chi connectivity index (χ1n) is 7.60. The molecule has 0 unspecified atom stereocenters. The number of hydrogen-bond acceptors (Lipinski definition) is 4.